The fraction of sp³-hybridized carbons (Fsp3) is 0.867. The zero-order chi connectivity index (χ0) is 12.8. The number of rotatable bonds is 4. The molecule has 104 valence electrons. The molecule has 1 N–H and O–H groups in total. The van der Waals surface area contributed by atoms with E-state index in [0.717, 1.165) is 26.2 Å². The van der Waals surface area contributed by atoms with Gasteiger partial charge in [-0.2, -0.15) is 0 Å². The van der Waals surface area contributed by atoms with Crippen molar-refractivity contribution in [3.8, 4) is 0 Å². The predicted molar refractivity (Wildman–Crippen MR) is 75.9 cm³/mol. The second-order valence-electron chi connectivity index (χ2n) is 5.45. The Labute approximate surface area is 112 Å². The highest BCUT2D eigenvalue weighted by Crippen LogP contribution is 2.23. The summed E-state index contributed by atoms with van der Waals surface area (Å²) >= 11 is 0. The summed E-state index contributed by atoms with van der Waals surface area (Å²) in [5, 5.41) is 3.49. The first-order valence-corrected chi connectivity index (χ1v) is 7.55. The number of nitrogens with one attached hydrogen (secondary N) is 1. The number of ether oxygens (including phenoxy) is 1. The third-order valence-corrected chi connectivity index (χ3v) is 4.28. The fourth-order valence-corrected chi connectivity index (χ4v) is 3.15. The molecule has 1 aliphatic heterocycles. The summed E-state index contributed by atoms with van der Waals surface area (Å²) in [6.45, 7) is 6.41. The minimum atomic E-state index is 0.327. The first kappa shape index (κ1) is 14.0. The second kappa shape index (κ2) is 7.27. The largest absolute Gasteiger partial charge is 0.374 e. The molecule has 1 aliphatic carbocycles. The SMILES string of the molecule is CCN1CCOC(C(NC)C2=CCCCCC2)C1. The summed E-state index contributed by atoms with van der Waals surface area (Å²) in [4.78, 5) is 2.50. The van der Waals surface area contributed by atoms with Crippen molar-refractivity contribution < 1.29 is 4.74 Å². The van der Waals surface area contributed by atoms with E-state index >= 15 is 0 Å². The molecule has 0 aromatic carbocycles. The van der Waals surface area contributed by atoms with Crippen molar-refractivity contribution in [3.05, 3.63) is 11.6 Å². The molecule has 2 aliphatic rings. The van der Waals surface area contributed by atoms with Crippen molar-refractivity contribution in [2.75, 3.05) is 33.3 Å². The molecule has 1 fully saturated rings. The van der Waals surface area contributed by atoms with E-state index in [0.29, 0.717) is 12.1 Å². The summed E-state index contributed by atoms with van der Waals surface area (Å²) in [5.74, 6) is 0. The normalized spacial score (nSPS) is 28.6. The first-order chi connectivity index (χ1) is 8.85. The molecule has 0 radical (unpaired) electrons. The zero-order valence-corrected chi connectivity index (χ0v) is 12.0. The van der Waals surface area contributed by atoms with E-state index in [4.69, 9.17) is 4.74 Å². The molecule has 1 heterocycles. The number of morpholine rings is 1. The lowest BCUT2D eigenvalue weighted by atomic mass is 9.96. The zero-order valence-electron chi connectivity index (χ0n) is 12.0. The van der Waals surface area contributed by atoms with Crippen LogP contribution in [-0.2, 0) is 4.74 Å². The van der Waals surface area contributed by atoms with E-state index in [-0.39, 0.29) is 0 Å². The van der Waals surface area contributed by atoms with E-state index in [1.807, 2.05) is 0 Å². The standard InChI is InChI=1S/C15H28N2O/c1-3-17-10-11-18-14(12-17)15(16-2)13-8-6-4-5-7-9-13/h8,14-16H,3-7,9-12H2,1-2H3. The monoisotopic (exact) mass is 252 g/mol. The molecule has 0 saturated carbocycles. The maximum atomic E-state index is 6.01. The van der Waals surface area contributed by atoms with E-state index in [2.05, 4.69) is 30.3 Å². The lowest BCUT2D eigenvalue weighted by molar-refractivity contribution is -0.0382. The Morgan fingerprint density at radius 3 is 3.11 bits per heavy atom. The third-order valence-electron chi connectivity index (χ3n) is 4.28. The number of likely N-dealkylation sites (N-methyl/N-ethyl adjacent to an activating group) is 2. The van der Waals surface area contributed by atoms with Crippen LogP contribution in [0.2, 0.25) is 0 Å². The number of allylic oxidation sites excluding steroid dienone is 1. The van der Waals surface area contributed by atoms with Gasteiger partial charge in [0.15, 0.2) is 0 Å². The maximum absolute atomic E-state index is 6.01. The minimum absolute atomic E-state index is 0.327. The van der Waals surface area contributed by atoms with Gasteiger partial charge in [-0.15, -0.1) is 0 Å². The summed E-state index contributed by atoms with van der Waals surface area (Å²) in [7, 11) is 2.07. The van der Waals surface area contributed by atoms with Crippen molar-refractivity contribution in [2.24, 2.45) is 0 Å². The Morgan fingerprint density at radius 1 is 1.44 bits per heavy atom. The van der Waals surface area contributed by atoms with Crippen LogP contribution < -0.4 is 5.32 Å². The lowest BCUT2D eigenvalue weighted by Crippen LogP contribution is -2.52. The Kier molecular flexibility index (Phi) is 5.67. The van der Waals surface area contributed by atoms with Crippen molar-refractivity contribution >= 4 is 0 Å². The molecule has 0 spiro atoms. The van der Waals surface area contributed by atoms with E-state index in [1.54, 1.807) is 5.57 Å². The predicted octanol–water partition coefficient (Wildman–Crippen LogP) is 2.19. The molecule has 0 bridgehead atoms. The fourth-order valence-electron chi connectivity index (χ4n) is 3.15. The van der Waals surface area contributed by atoms with Crippen LogP contribution in [0, 0.1) is 0 Å². The lowest BCUT2D eigenvalue weighted by Gasteiger charge is -2.37. The van der Waals surface area contributed by atoms with Gasteiger partial charge in [-0.25, -0.2) is 0 Å². The molecule has 3 nitrogen and oxygen atoms in total. The van der Waals surface area contributed by atoms with Gasteiger partial charge >= 0.3 is 0 Å². The van der Waals surface area contributed by atoms with Crippen LogP contribution in [0.3, 0.4) is 0 Å². The van der Waals surface area contributed by atoms with Gasteiger partial charge in [0.2, 0.25) is 0 Å². The van der Waals surface area contributed by atoms with Crippen LogP contribution in [0.4, 0.5) is 0 Å². The highest BCUT2D eigenvalue weighted by atomic mass is 16.5. The van der Waals surface area contributed by atoms with Crippen molar-refractivity contribution in [2.45, 2.75) is 51.2 Å². The molecular weight excluding hydrogens is 224 g/mol. The van der Waals surface area contributed by atoms with Gasteiger partial charge in [-0.3, -0.25) is 4.90 Å². The highest BCUT2D eigenvalue weighted by molar-refractivity contribution is 5.15. The van der Waals surface area contributed by atoms with Gasteiger partial charge in [0.25, 0.3) is 0 Å². The van der Waals surface area contributed by atoms with Crippen molar-refractivity contribution in [1.29, 1.82) is 0 Å². The van der Waals surface area contributed by atoms with Crippen LogP contribution in [0.15, 0.2) is 11.6 Å². The summed E-state index contributed by atoms with van der Waals surface area (Å²) < 4.78 is 6.01. The van der Waals surface area contributed by atoms with Gasteiger partial charge in [0.05, 0.1) is 18.8 Å². The van der Waals surface area contributed by atoms with Crippen LogP contribution in [-0.4, -0.2) is 50.3 Å². The third kappa shape index (κ3) is 3.56. The van der Waals surface area contributed by atoms with Crippen LogP contribution >= 0.6 is 0 Å². The molecule has 2 atom stereocenters. The molecule has 18 heavy (non-hydrogen) atoms. The van der Waals surface area contributed by atoms with E-state index < -0.39 is 0 Å². The smallest absolute Gasteiger partial charge is 0.0893 e. The first-order valence-electron chi connectivity index (χ1n) is 7.55. The van der Waals surface area contributed by atoms with Gasteiger partial charge in [0.1, 0.15) is 0 Å². The molecule has 3 heteroatoms. The topological polar surface area (TPSA) is 24.5 Å². The number of hydrogen-bond donors (Lipinski definition) is 1. The second-order valence-corrected chi connectivity index (χ2v) is 5.45. The van der Waals surface area contributed by atoms with Crippen molar-refractivity contribution in [1.82, 2.24) is 10.2 Å². The highest BCUT2D eigenvalue weighted by Gasteiger charge is 2.29. The van der Waals surface area contributed by atoms with Crippen LogP contribution in [0.1, 0.15) is 39.0 Å². The Balaban J connectivity index is 2.00. The van der Waals surface area contributed by atoms with E-state index in [9.17, 15) is 0 Å². The van der Waals surface area contributed by atoms with Crippen LogP contribution in [0.25, 0.3) is 0 Å². The summed E-state index contributed by atoms with van der Waals surface area (Å²) in [6, 6.07) is 0.414. The molecule has 1 saturated heterocycles. The maximum Gasteiger partial charge on any atom is 0.0893 e. The molecule has 0 amide bonds. The molecule has 2 unspecified atom stereocenters. The van der Waals surface area contributed by atoms with Gasteiger partial charge in [-0.1, -0.05) is 25.0 Å². The van der Waals surface area contributed by atoms with E-state index in [1.165, 1.54) is 32.1 Å². The molecule has 0 aromatic rings. The number of hydrogen-bond acceptors (Lipinski definition) is 3. The Hall–Kier alpha value is -0.380. The molecular formula is C15H28N2O. The average Bonchev–Trinajstić information content (AvgIpc) is 2.69. The van der Waals surface area contributed by atoms with Crippen LogP contribution in [0.5, 0.6) is 0 Å². The Morgan fingerprint density at radius 2 is 2.33 bits per heavy atom. The molecule has 0 aromatic heterocycles. The quantitative estimate of drug-likeness (QED) is 0.776. The Bertz CT molecular complexity index is 278. The minimum Gasteiger partial charge on any atom is -0.374 e. The number of nitrogens with zero attached hydrogens (tertiary/aromatic N) is 1. The average molecular weight is 252 g/mol. The van der Waals surface area contributed by atoms with Crippen molar-refractivity contribution in [3.63, 3.8) is 0 Å². The van der Waals surface area contributed by atoms with Gasteiger partial charge in [-0.05, 0) is 39.3 Å². The summed E-state index contributed by atoms with van der Waals surface area (Å²) in [5.41, 5.74) is 1.58. The summed E-state index contributed by atoms with van der Waals surface area (Å²) in [6.07, 6.45) is 9.36. The van der Waals surface area contributed by atoms with Gasteiger partial charge in [0, 0.05) is 13.1 Å². The van der Waals surface area contributed by atoms with Gasteiger partial charge < -0.3 is 10.1 Å². The molecule has 2 rings (SSSR count).